The average Bonchev–Trinajstić information content (AvgIpc) is 2.99. The van der Waals surface area contributed by atoms with E-state index in [2.05, 4.69) is 6.92 Å². The Labute approximate surface area is 122 Å². The van der Waals surface area contributed by atoms with Crippen LogP contribution in [-0.2, 0) is 19.1 Å². The number of ether oxygens (including phenoxy) is 2. The van der Waals surface area contributed by atoms with Crippen LogP contribution >= 0.6 is 0 Å². The quantitative estimate of drug-likeness (QED) is 0.550. The number of unbranched alkanes of at least 4 members (excludes halogenated alkanes) is 4. The summed E-state index contributed by atoms with van der Waals surface area (Å²) in [7, 11) is 0. The normalized spacial score (nSPS) is 24.9. The first-order valence-corrected chi connectivity index (χ1v) is 8.00. The summed E-state index contributed by atoms with van der Waals surface area (Å²) in [5.74, 6) is -0.0499. The summed E-state index contributed by atoms with van der Waals surface area (Å²) in [6, 6.07) is 0. The lowest BCUT2D eigenvalue weighted by molar-refractivity contribution is -0.142. The first kappa shape index (κ1) is 17.0. The van der Waals surface area contributed by atoms with Gasteiger partial charge in [-0.1, -0.05) is 32.6 Å². The third-order valence-corrected chi connectivity index (χ3v) is 3.69. The fraction of sp³-hybridized carbons (Fsp3) is 0.875. The van der Waals surface area contributed by atoms with Gasteiger partial charge in [0.15, 0.2) is 0 Å². The highest BCUT2D eigenvalue weighted by molar-refractivity contribution is 5.71. The van der Waals surface area contributed by atoms with Gasteiger partial charge in [0.1, 0.15) is 6.10 Å². The Hall–Kier alpha value is -1.06. The van der Waals surface area contributed by atoms with Crippen LogP contribution in [0.4, 0.5) is 0 Å². The molecule has 0 aromatic heterocycles. The number of carbonyl (C=O) groups excluding carboxylic acids is 2. The van der Waals surface area contributed by atoms with Crippen molar-refractivity contribution in [3.63, 3.8) is 0 Å². The Morgan fingerprint density at radius 2 is 1.60 bits per heavy atom. The maximum absolute atomic E-state index is 10.8. The number of rotatable bonds is 6. The molecule has 116 valence electrons. The molecular weight excluding hydrogens is 256 g/mol. The minimum atomic E-state index is -0.0486. The first-order valence-electron chi connectivity index (χ1n) is 8.00. The van der Waals surface area contributed by atoms with Crippen LogP contribution in [0.2, 0.25) is 0 Å². The zero-order valence-electron chi connectivity index (χ0n) is 12.9. The SMILES string of the molecule is CC1CCC(=O)O1.CCCCCCC[C@H]1CCC(=O)O1. The Kier molecular flexibility index (Phi) is 8.31. The van der Waals surface area contributed by atoms with Crippen LogP contribution in [0.15, 0.2) is 0 Å². The number of hydrogen-bond acceptors (Lipinski definition) is 4. The monoisotopic (exact) mass is 284 g/mol. The van der Waals surface area contributed by atoms with E-state index in [1.165, 1.54) is 32.1 Å². The molecule has 2 atom stereocenters. The summed E-state index contributed by atoms with van der Waals surface area (Å²) in [5.41, 5.74) is 0. The zero-order valence-corrected chi connectivity index (χ0v) is 12.9. The summed E-state index contributed by atoms with van der Waals surface area (Å²) in [4.78, 5) is 21.0. The second-order valence-corrected chi connectivity index (χ2v) is 5.69. The summed E-state index contributed by atoms with van der Waals surface area (Å²) in [6.45, 7) is 4.13. The minimum Gasteiger partial charge on any atom is -0.463 e. The van der Waals surface area contributed by atoms with Gasteiger partial charge in [0.25, 0.3) is 0 Å². The van der Waals surface area contributed by atoms with E-state index in [-0.39, 0.29) is 24.1 Å². The lowest BCUT2D eigenvalue weighted by Crippen LogP contribution is -2.06. The molecule has 0 radical (unpaired) electrons. The smallest absolute Gasteiger partial charge is 0.306 e. The molecule has 1 unspecified atom stereocenters. The van der Waals surface area contributed by atoms with E-state index in [0.717, 1.165) is 19.3 Å². The number of carbonyl (C=O) groups is 2. The summed E-state index contributed by atoms with van der Waals surface area (Å²) in [6.07, 6.45) is 11.1. The van der Waals surface area contributed by atoms with Crippen molar-refractivity contribution < 1.29 is 19.1 Å². The van der Waals surface area contributed by atoms with E-state index in [9.17, 15) is 9.59 Å². The molecule has 2 fully saturated rings. The molecule has 0 bridgehead atoms. The number of esters is 2. The van der Waals surface area contributed by atoms with Gasteiger partial charge in [-0.25, -0.2) is 0 Å². The molecule has 2 saturated heterocycles. The first-order chi connectivity index (χ1) is 9.61. The molecule has 4 nitrogen and oxygen atoms in total. The molecule has 0 amide bonds. The van der Waals surface area contributed by atoms with Gasteiger partial charge in [-0.15, -0.1) is 0 Å². The highest BCUT2D eigenvalue weighted by Gasteiger charge is 2.22. The predicted molar refractivity (Wildman–Crippen MR) is 77.3 cm³/mol. The van der Waals surface area contributed by atoms with Gasteiger partial charge in [-0.05, 0) is 32.6 Å². The van der Waals surface area contributed by atoms with Crippen LogP contribution < -0.4 is 0 Å². The van der Waals surface area contributed by atoms with Crippen molar-refractivity contribution in [3.05, 3.63) is 0 Å². The Bertz CT molecular complexity index is 301. The molecule has 0 N–H and O–H groups in total. The van der Waals surface area contributed by atoms with Crippen LogP contribution in [0.3, 0.4) is 0 Å². The predicted octanol–water partition coefficient (Wildman–Crippen LogP) is 3.76. The standard InChI is InChI=1S/C11H20O2.C5H8O2/c1-2-3-4-5-6-7-10-8-9-11(12)13-10;1-4-2-3-5(6)7-4/h10H,2-9H2,1H3;4H,2-3H2,1H3/t10-;/m0./s1. The second kappa shape index (κ2) is 9.78. The fourth-order valence-electron chi connectivity index (χ4n) is 2.42. The van der Waals surface area contributed by atoms with Crippen molar-refractivity contribution in [1.82, 2.24) is 0 Å². The second-order valence-electron chi connectivity index (χ2n) is 5.69. The Balaban J connectivity index is 0.000000240. The van der Waals surface area contributed by atoms with Gasteiger partial charge in [0, 0.05) is 12.8 Å². The third-order valence-electron chi connectivity index (χ3n) is 3.69. The molecule has 2 aliphatic heterocycles. The molecule has 2 heterocycles. The topological polar surface area (TPSA) is 52.6 Å². The zero-order chi connectivity index (χ0) is 14.8. The summed E-state index contributed by atoms with van der Waals surface area (Å²) >= 11 is 0. The van der Waals surface area contributed by atoms with Gasteiger partial charge >= 0.3 is 11.9 Å². The fourth-order valence-corrected chi connectivity index (χ4v) is 2.42. The van der Waals surface area contributed by atoms with E-state index in [1.807, 2.05) is 6.92 Å². The van der Waals surface area contributed by atoms with Crippen molar-refractivity contribution in [2.45, 2.75) is 90.3 Å². The molecule has 2 rings (SSSR count). The van der Waals surface area contributed by atoms with Crippen LogP contribution in [-0.4, -0.2) is 24.1 Å². The van der Waals surface area contributed by atoms with Crippen molar-refractivity contribution in [2.24, 2.45) is 0 Å². The molecule has 0 aromatic carbocycles. The minimum absolute atomic E-state index is 0.00134. The van der Waals surface area contributed by atoms with Gasteiger partial charge in [-0.3, -0.25) is 9.59 Å². The maximum atomic E-state index is 10.8. The van der Waals surface area contributed by atoms with Gasteiger partial charge in [0.05, 0.1) is 6.10 Å². The van der Waals surface area contributed by atoms with Crippen molar-refractivity contribution in [3.8, 4) is 0 Å². The molecule has 0 spiro atoms. The van der Waals surface area contributed by atoms with Crippen LogP contribution in [0.1, 0.15) is 78.1 Å². The Morgan fingerprint density at radius 3 is 2.05 bits per heavy atom. The molecule has 0 saturated carbocycles. The summed E-state index contributed by atoms with van der Waals surface area (Å²) < 4.78 is 9.85. The van der Waals surface area contributed by atoms with Crippen LogP contribution in [0.5, 0.6) is 0 Å². The highest BCUT2D eigenvalue weighted by Crippen LogP contribution is 2.19. The van der Waals surface area contributed by atoms with E-state index in [0.29, 0.717) is 12.8 Å². The molecule has 0 aromatic rings. The van der Waals surface area contributed by atoms with Crippen molar-refractivity contribution >= 4 is 11.9 Å². The lowest BCUT2D eigenvalue weighted by atomic mass is 10.1. The van der Waals surface area contributed by atoms with Gasteiger partial charge in [-0.2, -0.15) is 0 Å². The maximum Gasteiger partial charge on any atom is 0.306 e. The van der Waals surface area contributed by atoms with E-state index in [1.54, 1.807) is 0 Å². The molecule has 0 aliphatic carbocycles. The van der Waals surface area contributed by atoms with Crippen molar-refractivity contribution in [2.75, 3.05) is 0 Å². The molecular formula is C16H28O4. The number of hydrogen-bond donors (Lipinski definition) is 0. The largest absolute Gasteiger partial charge is 0.463 e. The van der Waals surface area contributed by atoms with Crippen molar-refractivity contribution in [1.29, 1.82) is 0 Å². The molecule has 4 heteroatoms. The summed E-state index contributed by atoms with van der Waals surface area (Å²) in [5, 5.41) is 0. The Morgan fingerprint density at radius 1 is 0.950 bits per heavy atom. The molecule has 2 aliphatic rings. The number of cyclic esters (lactones) is 2. The molecule has 20 heavy (non-hydrogen) atoms. The van der Waals surface area contributed by atoms with Gasteiger partial charge < -0.3 is 9.47 Å². The van der Waals surface area contributed by atoms with Gasteiger partial charge in [0.2, 0.25) is 0 Å². The van der Waals surface area contributed by atoms with E-state index in [4.69, 9.17) is 9.47 Å². The van der Waals surface area contributed by atoms with E-state index >= 15 is 0 Å². The highest BCUT2D eigenvalue weighted by atomic mass is 16.6. The van der Waals surface area contributed by atoms with E-state index < -0.39 is 0 Å². The third kappa shape index (κ3) is 7.51. The van der Waals surface area contributed by atoms with Crippen LogP contribution in [0, 0.1) is 0 Å². The van der Waals surface area contributed by atoms with Crippen LogP contribution in [0.25, 0.3) is 0 Å². The lowest BCUT2D eigenvalue weighted by Gasteiger charge is -2.07. The average molecular weight is 284 g/mol.